The molecule has 0 aliphatic heterocycles. The van der Waals surface area contributed by atoms with Crippen molar-refractivity contribution in [2.75, 3.05) is 13.7 Å². The summed E-state index contributed by atoms with van der Waals surface area (Å²) in [4.78, 5) is 22.1. The largest absolute Gasteiger partial charge is 0.493 e. The van der Waals surface area contributed by atoms with Gasteiger partial charge in [-0.25, -0.2) is 4.98 Å². The lowest BCUT2D eigenvalue weighted by molar-refractivity contribution is 0.311. The summed E-state index contributed by atoms with van der Waals surface area (Å²) < 4.78 is 10.9. The van der Waals surface area contributed by atoms with Crippen LogP contribution in [0.1, 0.15) is 41.6 Å². The molecule has 7 heteroatoms. The van der Waals surface area contributed by atoms with Crippen molar-refractivity contribution in [3.63, 3.8) is 0 Å². The SMILES string of the molecule is CCOc1ccc(/C=C(\C#N)c2nc3sc4c(c3c(=O)[nH]2)CCCC4)cc1OC. The Kier molecular flexibility index (Phi) is 5.36. The average molecular weight is 407 g/mol. The number of ether oxygens (including phenoxy) is 2. The molecule has 0 radical (unpaired) electrons. The van der Waals surface area contributed by atoms with Crippen LogP contribution >= 0.6 is 11.3 Å². The highest BCUT2D eigenvalue weighted by Crippen LogP contribution is 2.34. The zero-order valence-corrected chi connectivity index (χ0v) is 17.2. The number of nitrogens with zero attached hydrogens (tertiary/aromatic N) is 2. The number of aromatic nitrogens is 2. The number of fused-ring (bicyclic) bond motifs is 3. The Morgan fingerprint density at radius 1 is 1.34 bits per heavy atom. The van der Waals surface area contributed by atoms with E-state index in [4.69, 9.17) is 9.47 Å². The number of hydrogen-bond donors (Lipinski definition) is 1. The van der Waals surface area contributed by atoms with E-state index in [1.165, 1.54) is 4.88 Å². The second-order valence-corrected chi connectivity index (χ2v) is 7.90. The van der Waals surface area contributed by atoms with Gasteiger partial charge in [0.1, 0.15) is 10.9 Å². The van der Waals surface area contributed by atoms with Gasteiger partial charge < -0.3 is 14.5 Å². The van der Waals surface area contributed by atoms with E-state index < -0.39 is 0 Å². The Hall–Kier alpha value is -3.11. The minimum atomic E-state index is -0.171. The summed E-state index contributed by atoms with van der Waals surface area (Å²) >= 11 is 1.57. The molecule has 1 aliphatic carbocycles. The molecule has 4 rings (SSSR count). The first-order chi connectivity index (χ1) is 14.1. The fraction of sp³-hybridized carbons (Fsp3) is 0.318. The summed E-state index contributed by atoms with van der Waals surface area (Å²) in [6.07, 6.45) is 5.86. The Labute approximate surface area is 172 Å². The maximum Gasteiger partial charge on any atom is 0.260 e. The molecule has 0 fully saturated rings. The summed E-state index contributed by atoms with van der Waals surface area (Å²) in [6.45, 7) is 2.44. The molecule has 6 nitrogen and oxygen atoms in total. The molecule has 2 heterocycles. The van der Waals surface area contributed by atoms with Crippen molar-refractivity contribution in [1.29, 1.82) is 5.26 Å². The molecule has 0 unspecified atom stereocenters. The lowest BCUT2D eigenvalue weighted by Gasteiger charge is -2.10. The topological polar surface area (TPSA) is 88.0 Å². The number of aryl methyl sites for hydroxylation is 2. The van der Waals surface area contributed by atoms with E-state index in [9.17, 15) is 10.1 Å². The lowest BCUT2D eigenvalue weighted by Crippen LogP contribution is -2.12. The number of rotatable bonds is 5. The molecule has 29 heavy (non-hydrogen) atoms. The molecular weight excluding hydrogens is 386 g/mol. The number of thiophene rings is 1. The van der Waals surface area contributed by atoms with E-state index in [1.807, 2.05) is 13.0 Å². The molecule has 0 saturated heterocycles. The van der Waals surface area contributed by atoms with Gasteiger partial charge in [-0.3, -0.25) is 4.79 Å². The summed E-state index contributed by atoms with van der Waals surface area (Å²) in [5.41, 5.74) is 2.02. The monoisotopic (exact) mass is 407 g/mol. The van der Waals surface area contributed by atoms with Gasteiger partial charge in [-0.15, -0.1) is 11.3 Å². The first-order valence-electron chi connectivity index (χ1n) is 9.62. The molecule has 1 aliphatic rings. The third kappa shape index (κ3) is 3.64. The quantitative estimate of drug-likeness (QED) is 0.636. The molecule has 0 atom stereocenters. The molecule has 0 spiro atoms. The number of hydrogen-bond acceptors (Lipinski definition) is 6. The van der Waals surface area contributed by atoms with Gasteiger partial charge in [-0.1, -0.05) is 6.07 Å². The van der Waals surface area contributed by atoms with Gasteiger partial charge in [0.2, 0.25) is 0 Å². The molecule has 148 valence electrons. The highest BCUT2D eigenvalue weighted by atomic mass is 32.1. The molecule has 2 aromatic heterocycles. The van der Waals surface area contributed by atoms with Crippen LogP contribution in [0, 0.1) is 11.3 Å². The molecule has 0 amide bonds. The number of benzene rings is 1. The first kappa shape index (κ1) is 19.2. The standard InChI is InChI=1S/C22H21N3O3S/c1-3-28-16-9-8-13(11-17(16)27-2)10-14(12-23)20-24-21(26)19-15-6-4-5-7-18(15)29-22(19)25-20/h8-11H,3-7H2,1-2H3,(H,24,25,26)/b14-10+. The van der Waals surface area contributed by atoms with Crippen LogP contribution in [0.3, 0.4) is 0 Å². The molecule has 1 aromatic carbocycles. The van der Waals surface area contributed by atoms with E-state index >= 15 is 0 Å². The van der Waals surface area contributed by atoms with Gasteiger partial charge in [0.05, 0.1) is 24.7 Å². The highest BCUT2D eigenvalue weighted by Gasteiger charge is 2.20. The molecular formula is C22H21N3O3S. The van der Waals surface area contributed by atoms with Crippen LogP contribution in [0.5, 0.6) is 11.5 Å². The van der Waals surface area contributed by atoms with Gasteiger partial charge in [0.15, 0.2) is 17.3 Å². The summed E-state index contributed by atoms with van der Waals surface area (Å²) in [5.74, 6) is 1.51. The van der Waals surface area contributed by atoms with Crippen molar-refractivity contribution in [1.82, 2.24) is 9.97 Å². The number of aromatic amines is 1. The minimum Gasteiger partial charge on any atom is -0.493 e. The zero-order valence-electron chi connectivity index (χ0n) is 16.4. The second-order valence-electron chi connectivity index (χ2n) is 6.82. The Morgan fingerprint density at radius 2 is 2.17 bits per heavy atom. The van der Waals surface area contributed by atoms with Crippen molar-refractivity contribution in [3.05, 3.63) is 50.4 Å². The number of H-pyrrole nitrogens is 1. The van der Waals surface area contributed by atoms with E-state index in [2.05, 4.69) is 16.0 Å². The molecule has 0 saturated carbocycles. The second kappa shape index (κ2) is 8.10. The van der Waals surface area contributed by atoms with Gasteiger partial charge in [-0.2, -0.15) is 5.26 Å². The zero-order chi connectivity index (χ0) is 20.4. The Balaban J connectivity index is 1.77. The Bertz CT molecular complexity index is 1200. The van der Waals surface area contributed by atoms with Crippen molar-refractivity contribution in [2.45, 2.75) is 32.6 Å². The van der Waals surface area contributed by atoms with Crippen LogP contribution < -0.4 is 15.0 Å². The number of methoxy groups -OCH3 is 1. The van der Waals surface area contributed by atoms with Gasteiger partial charge in [-0.05, 0) is 61.9 Å². The van der Waals surface area contributed by atoms with Crippen LogP contribution in [0.25, 0.3) is 21.9 Å². The lowest BCUT2D eigenvalue weighted by atomic mass is 9.97. The summed E-state index contributed by atoms with van der Waals surface area (Å²) in [7, 11) is 1.57. The van der Waals surface area contributed by atoms with Gasteiger partial charge in [0.25, 0.3) is 5.56 Å². The number of allylic oxidation sites excluding steroid dienone is 1. The van der Waals surface area contributed by atoms with Crippen LogP contribution in [-0.2, 0) is 12.8 Å². The normalized spacial score (nSPS) is 13.8. The maximum absolute atomic E-state index is 12.8. The molecule has 0 bridgehead atoms. The maximum atomic E-state index is 12.8. The minimum absolute atomic E-state index is 0.171. The summed E-state index contributed by atoms with van der Waals surface area (Å²) in [6, 6.07) is 7.59. The van der Waals surface area contributed by atoms with Gasteiger partial charge in [0, 0.05) is 4.88 Å². The van der Waals surface area contributed by atoms with Crippen molar-refractivity contribution in [3.8, 4) is 17.6 Å². The fourth-order valence-corrected chi connectivity index (χ4v) is 4.92. The van der Waals surface area contributed by atoms with Crippen LogP contribution in [0.2, 0.25) is 0 Å². The van der Waals surface area contributed by atoms with Crippen LogP contribution in [0.15, 0.2) is 23.0 Å². The first-order valence-corrected chi connectivity index (χ1v) is 10.4. The Morgan fingerprint density at radius 3 is 2.93 bits per heavy atom. The average Bonchev–Trinajstić information content (AvgIpc) is 3.12. The fourth-order valence-electron chi connectivity index (χ4n) is 3.66. The van der Waals surface area contributed by atoms with Crippen molar-refractivity contribution < 1.29 is 9.47 Å². The van der Waals surface area contributed by atoms with E-state index in [1.54, 1.807) is 36.7 Å². The third-order valence-corrected chi connectivity index (χ3v) is 6.18. The molecule has 1 N–H and O–H groups in total. The van der Waals surface area contributed by atoms with Crippen molar-refractivity contribution >= 4 is 33.2 Å². The predicted octanol–water partition coefficient (Wildman–Crippen LogP) is 4.33. The third-order valence-electron chi connectivity index (χ3n) is 5.00. The summed E-state index contributed by atoms with van der Waals surface area (Å²) in [5, 5.41) is 10.4. The molecule has 3 aromatic rings. The van der Waals surface area contributed by atoms with Crippen LogP contribution in [0.4, 0.5) is 0 Å². The smallest absolute Gasteiger partial charge is 0.260 e. The predicted molar refractivity (Wildman–Crippen MR) is 115 cm³/mol. The van der Waals surface area contributed by atoms with E-state index in [-0.39, 0.29) is 11.4 Å². The van der Waals surface area contributed by atoms with Gasteiger partial charge >= 0.3 is 0 Å². The van der Waals surface area contributed by atoms with Crippen molar-refractivity contribution in [2.24, 2.45) is 0 Å². The van der Waals surface area contributed by atoms with E-state index in [0.717, 1.165) is 36.8 Å². The number of nitriles is 1. The van der Waals surface area contributed by atoms with Crippen LogP contribution in [-0.4, -0.2) is 23.7 Å². The number of nitrogens with one attached hydrogen (secondary N) is 1. The highest BCUT2D eigenvalue weighted by molar-refractivity contribution is 7.18. The van der Waals surface area contributed by atoms with E-state index in [0.29, 0.717) is 33.9 Å².